The number of nitrogens with zero attached hydrogens (tertiary/aromatic N) is 5. The second-order valence-corrected chi connectivity index (χ2v) is 5.58. The maximum Gasteiger partial charge on any atom is 0.186 e. The highest BCUT2D eigenvalue weighted by molar-refractivity contribution is 5.86. The van der Waals surface area contributed by atoms with Gasteiger partial charge in [-0.2, -0.15) is 5.10 Å². The molecule has 4 rings (SSSR count). The number of methoxy groups -OCH3 is 1. The molecule has 1 aromatic carbocycles. The molecule has 0 radical (unpaired) electrons. The predicted octanol–water partition coefficient (Wildman–Crippen LogP) is 2.53. The zero-order chi connectivity index (χ0) is 17.2. The van der Waals surface area contributed by atoms with Crippen molar-refractivity contribution in [3.63, 3.8) is 0 Å². The summed E-state index contributed by atoms with van der Waals surface area (Å²) in [5.41, 5.74) is 8.61. The van der Waals surface area contributed by atoms with E-state index >= 15 is 0 Å². The van der Waals surface area contributed by atoms with E-state index in [4.69, 9.17) is 10.5 Å². The Morgan fingerprint density at radius 2 is 1.96 bits per heavy atom. The molecule has 0 amide bonds. The van der Waals surface area contributed by atoms with E-state index in [1.807, 2.05) is 42.6 Å². The molecular weight excluding hydrogens is 316 g/mol. The van der Waals surface area contributed by atoms with Gasteiger partial charge in [0.25, 0.3) is 0 Å². The summed E-state index contributed by atoms with van der Waals surface area (Å²) in [5.74, 6) is 1.77. The highest BCUT2D eigenvalue weighted by Gasteiger charge is 2.11. The second kappa shape index (κ2) is 6.20. The lowest BCUT2D eigenvalue weighted by atomic mass is 10.2. The summed E-state index contributed by atoms with van der Waals surface area (Å²) in [4.78, 5) is 12.9. The van der Waals surface area contributed by atoms with Crippen LogP contribution in [-0.4, -0.2) is 31.8 Å². The molecule has 3 heterocycles. The van der Waals surface area contributed by atoms with Crippen molar-refractivity contribution in [1.82, 2.24) is 24.7 Å². The summed E-state index contributed by atoms with van der Waals surface area (Å²) in [7, 11) is 1.65. The van der Waals surface area contributed by atoms with E-state index < -0.39 is 0 Å². The third kappa shape index (κ3) is 2.99. The van der Waals surface area contributed by atoms with Crippen LogP contribution >= 0.6 is 0 Å². The normalized spacial score (nSPS) is 10.9. The van der Waals surface area contributed by atoms with Gasteiger partial charge in [0.15, 0.2) is 11.5 Å². The number of aromatic nitrogens is 5. The molecule has 25 heavy (non-hydrogen) atoms. The number of nitrogen functional groups attached to an aromatic ring is 1. The molecule has 0 aliphatic carbocycles. The molecule has 0 saturated heterocycles. The van der Waals surface area contributed by atoms with E-state index in [0.29, 0.717) is 23.8 Å². The minimum atomic E-state index is 0.411. The van der Waals surface area contributed by atoms with Gasteiger partial charge in [-0.05, 0) is 29.8 Å². The Labute approximate surface area is 144 Å². The van der Waals surface area contributed by atoms with Crippen LogP contribution in [0.4, 0.5) is 5.82 Å². The number of rotatable bonds is 4. The Hall–Kier alpha value is -3.48. The number of nitrogens with two attached hydrogens (primary N) is 1. The quantitative estimate of drug-likeness (QED) is 0.617. The zero-order valence-corrected chi connectivity index (χ0v) is 13.6. The van der Waals surface area contributed by atoms with Crippen molar-refractivity contribution >= 4 is 16.9 Å². The minimum Gasteiger partial charge on any atom is -0.497 e. The molecule has 3 aromatic heterocycles. The third-order valence-electron chi connectivity index (χ3n) is 3.87. The van der Waals surface area contributed by atoms with Gasteiger partial charge in [0.2, 0.25) is 0 Å². The van der Waals surface area contributed by atoms with Crippen LogP contribution in [0, 0.1) is 0 Å². The van der Waals surface area contributed by atoms with E-state index in [1.54, 1.807) is 24.2 Å². The van der Waals surface area contributed by atoms with Crippen molar-refractivity contribution in [2.45, 2.75) is 6.54 Å². The fourth-order valence-corrected chi connectivity index (χ4v) is 2.64. The molecule has 4 aromatic rings. The van der Waals surface area contributed by atoms with Gasteiger partial charge in [0, 0.05) is 24.2 Å². The lowest BCUT2D eigenvalue weighted by Gasteiger charge is -2.04. The molecule has 0 atom stereocenters. The molecule has 7 nitrogen and oxygen atoms in total. The molecule has 0 bridgehead atoms. The molecule has 124 valence electrons. The molecule has 0 spiro atoms. The Balaban J connectivity index is 1.71. The van der Waals surface area contributed by atoms with Crippen molar-refractivity contribution in [1.29, 1.82) is 0 Å². The summed E-state index contributed by atoms with van der Waals surface area (Å²) in [5, 5.41) is 5.28. The number of anilines is 1. The summed E-state index contributed by atoms with van der Waals surface area (Å²) in [6.07, 6.45) is 5.25. The topological polar surface area (TPSA) is 91.7 Å². The Morgan fingerprint density at radius 1 is 1.12 bits per heavy atom. The maximum absolute atomic E-state index is 6.11. The summed E-state index contributed by atoms with van der Waals surface area (Å²) in [6.45, 7) is 0.595. The lowest BCUT2D eigenvalue weighted by molar-refractivity contribution is 0.414. The number of ether oxygens (including phenoxy) is 1. The molecule has 0 unspecified atom stereocenters. The highest BCUT2D eigenvalue weighted by atomic mass is 16.5. The van der Waals surface area contributed by atoms with Crippen LogP contribution < -0.4 is 10.5 Å². The van der Waals surface area contributed by atoms with Gasteiger partial charge in [0.1, 0.15) is 11.6 Å². The second-order valence-electron chi connectivity index (χ2n) is 5.58. The molecule has 2 N–H and O–H groups in total. The van der Waals surface area contributed by atoms with Gasteiger partial charge < -0.3 is 10.5 Å². The first-order chi connectivity index (χ1) is 12.2. The van der Waals surface area contributed by atoms with Crippen LogP contribution in [0.15, 0.2) is 55.0 Å². The summed E-state index contributed by atoms with van der Waals surface area (Å²) < 4.78 is 7.06. The van der Waals surface area contributed by atoms with Gasteiger partial charge in [-0.1, -0.05) is 12.1 Å². The SMILES string of the molecule is COc1cccc(Cn2cc3c(N)nc(-c4ccncc4)nc3n2)c1. The lowest BCUT2D eigenvalue weighted by Crippen LogP contribution is -2.00. The smallest absolute Gasteiger partial charge is 0.186 e. The monoisotopic (exact) mass is 332 g/mol. The third-order valence-corrected chi connectivity index (χ3v) is 3.87. The van der Waals surface area contributed by atoms with E-state index in [0.717, 1.165) is 22.3 Å². The van der Waals surface area contributed by atoms with Crippen LogP contribution in [0.25, 0.3) is 22.4 Å². The first-order valence-corrected chi connectivity index (χ1v) is 7.77. The van der Waals surface area contributed by atoms with Crippen LogP contribution in [-0.2, 0) is 6.54 Å². The Kier molecular flexibility index (Phi) is 3.74. The van der Waals surface area contributed by atoms with Crippen LogP contribution in [0.3, 0.4) is 0 Å². The van der Waals surface area contributed by atoms with Gasteiger partial charge >= 0.3 is 0 Å². The average Bonchev–Trinajstić information content (AvgIpc) is 3.05. The summed E-state index contributed by atoms with van der Waals surface area (Å²) >= 11 is 0. The standard InChI is InChI=1S/C18H16N6O/c1-25-14-4-2-3-12(9-14)10-24-11-15-16(19)21-17(22-18(15)23-24)13-5-7-20-8-6-13/h2-9,11H,10H2,1H3,(H2,19,21,22,23). The van der Waals surface area contributed by atoms with Crippen LogP contribution in [0.2, 0.25) is 0 Å². The average molecular weight is 332 g/mol. The molecule has 0 aliphatic rings. The molecular formula is C18H16N6O. The zero-order valence-electron chi connectivity index (χ0n) is 13.6. The van der Waals surface area contributed by atoms with Crippen LogP contribution in [0.5, 0.6) is 5.75 Å². The van der Waals surface area contributed by atoms with Crippen molar-refractivity contribution in [3.05, 3.63) is 60.6 Å². The fraction of sp³-hybridized carbons (Fsp3) is 0.111. The molecule has 7 heteroatoms. The minimum absolute atomic E-state index is 0.411. The fourth-order valence-electron chi connectivity index (χ4n) is 2.64. The molecule has 0 fully saturated rings. The number of fused-ring (bicyclic) bond motifs is 1. The van der Waals surface area contributed by atoms with Crippen molar-refractivity contribution in [2.75, 3.05) is 12.8 Å². The Bertz CT molecular complexity index is 1030. The number of hydrogen-bond donors (Lipinski definition) is 1. The van der Waals surface area contributed by atoms with E-state index in [9.17, 15) is 0 Å². The highest BCUT2D eigenvalue weighted by Crippen LogP contribution is 2.22. The predicted molar refractivity (Wildman–Crippen MR) is 95.1 cm³/mol. The van der Waals surface area contributed by atoms with Gasteiger partial charge in [-0.3, -0.25) is 9.67 Å². The summed E-state index contributed by atoms with van der Waals surface area (Å²) in [6, 6.07) is 11.5. The van der Waals surface area contributed by atoms with Crippen LogP contribution in [0.1, 0.15) is 5.56 Å². The van der Waals surface area contributed by atoms with E-state index in [-0.39, 0.29) is 0 Å². The van der Waals surface area contributed by atoms with Crippen molar-refractivity contribution in [2.24, 2.45) is 0 Å². The first kappa shape index (κ1) is 15.1. The number of benzene rings is 1. The van der Waals surface area contributed by atoms with Gasteiger partial charge in [0.05, 0.1) is 19.0 Å². The van der Waals surface area contributed by atoms with Gasteiger partial charge in [-0.15, -0.1) is 0 Å². The molecule has 0 aliphatic heterocycles. The first-order valence-electron chi connectivity index (χ1n) is 7.77. The van der Waals surface area contributed by atoms with Crippen molar-refractivity contribution in [3.8, 4) is 17.1 Å². The number of pyridine rings is 1. The van der Waals surface area contributed by atoms with Gasteiger partial charge in [-0.25, -0.2) is 9.97 Å². The number of hydrogen-bond acceptors (Lipinski definition) is 6. The molecule has 0 saturated carbocycles. The van der Waals surface area contributed by atoms with Crippen molar-refractivity contribution < 1.29 is 4.74 Å². The largest absolute Gasteiger partial charge is 0.497 e. The van der Waals surface area contributed by atoms with E-state index in [1.165, 1.54) is 0 Å². The van der Waals surface area contributed by atoms with E-state index in [2.05, 4.69) is 20.1 Å². The maximum atomic E-state index is 6.11. The Morgan fingerprint density at radius 3 is 2.76 bits per heavy atom.